The Morgan fingerprint density at radius 1 is 0.889 bits per heavy atom. The molecule has 3 atom stereocenters. The molecule has 0 bridgehead atoms. The van der Waals surface area contributed by atoms with Crippen LogP contribution in [0.3, 0.4) is 0 Å². The Hall–Kier alpha value is -5.87. The molecule has 8 rings (SSSR count). The molecule has 5 heterocycles. The smallest absolute Gasteiger partial charge is 0.350 e. The van der Waals surface area contributed by atoms with Gasteiger partial charge in [0.1, 0.15) is 17.8 Å². The number of aliphatic hydroxyl groups is 2. The van der Waals surface area contributed by atoms with Gasteiger partial charge in [-0.2, -0.15) is 13.9 Å². The molecule has 0 spiro atoms. The molecule has 6 aromatic rings. The second kappa shape index (κ2) is 13.5. The zero-order valence-corrected chi connectivity index (χ0v) is 29.5. The van der Waals surface area contributed by atoms with Gasteiger partial charge >= 0.3 is 11.6 Å². The third-order valence-electron chi connectivity index (χ3n) is 10.5. The lowest BCUT2D eigenvalue weighted by Gasteiger charge is -2.39. The SMILES string of the molecule is CCC(C(C)O)n1ncn(-c2ccc(N3CCN(c4ccc(-c5ccc(C(F)(F)[C@]6(O)Cn7nnnc7-c7cc(F)ccc76)nc5)cc4)CC3)cc2)c1=O. The molecule has 0 amide bonds. The molecule has 2 unspecified atom stereocenters. The van der Waals surface area contributed by atoms with Crippen molar-refractivity contribution in [3.8, 4) is 28.2 Å². The number of hydrogen-bond acceptors (Lipinski definition) is 10. The van der Waals surface area contributed by atoms with E-state index in [1.165, 1.54) is 33.9 Å². The molecular weight excluding hydrogens is 701 g/mol. The maximum atomic E-state index is 16.2. The standard InChI is InChI=1S/C38H37F3N10O3/c1-3-33(24(2)52)51-36(53)49(23-43-51)30-12-10-29(11-13-30)48-18-16-47(17-19-48)28-8-4-25(5-9-28)26-6-15-34(42-21-26)38(40,41)37(54)22-50-35(44-45-46-50)31-20-27(39)7-14-32(31)37/h4-15,20-21,23-24,33,52,54H,3,16-19,22H2,1-2H3/t24?,33?,37-/m0/s1. The summed E-state index contributed by atoms with van der Waals surface area (Å²) in [6.45, 7) is 6.04. The van der Waals surface area contributed by atoms with Crippen molar-refractivity contribution < 1.29 is 23.4 Å². The molecule has 2 N–H and O–H groups in total. The predicted molar refractivity (Wildman–Crippen MR) is 194 cm³/mol. The van der Waals surface area contributed by atoms with Crippen LogP contribution in [0.2, 0.25) is 0 Å². The van der Waals surface area contributed by atoms with E-state index in [-0.39, 0.29) is 22.6 Å². The zero-order chi connectivity index (χ0) is 37.8. The van der Waals surface area contributed by atoms with Gasteiger partial charge in [0.15, 0.2) is 11.4 Å². The Labute approximate surface area is 307 Å². The van der Waals surface area contributed by atoms with Crippen molar-refractivity contribution in [1.82, 2.24) is 39.5 Å². The van der Waals surface area contributed by atoms with E-state index < -0.39 is 41.7 Å². The largest absolute Gasteiger partial charge is 0.391 e. The lowest BCUT2D eigenvalue weighted by atomic mass is 9.80. The average Bonchev–Trinajstić information content (AvgIpc) is 3.81. The number of pyridine rings is 1. The number of fused-ring (bicyclic) bond motifs is 3. The summed E-state index contributed by atoms with van der Waals surface area (Å²) in [5.41, 5.74) is 0.251. The fourth-order valence-corrected chi connectivity index (χ4v) is 7.45. The van der Waals surface area contributed by atoms with E-state index in [0.717, 1.165) is 66.0 Å². The molecule has 0 saturated carbocycles. The van der Waals surface area contributed by atoms with E-state index in [1.54, 1.807) is 6.92 Å². The van der Waals surface area contributed by atoms with E-state index in [2.05, 4.69) is 35.4 Å². The number of benzene rings is 3. The Morgan fingerprint density at radius 3 is 2.13 bits per heavy atom. The van der Waals surface area contributed by atoms with Gasteiger partial charge in [-0.05, 0) is 83.9 Å². The molecule has 2 aliphatic heterocycles. The highest BCUT2D eigenvalue weighted by Gasteiger charge is 2.59. The zero-order valence-electron chi connectivity index (χ0n) is 29.5. The van der Waals surface area contributed by atoms with Gasteiger partial charge in [0.25, 0.3) is 0 Å². The molecule has 3 aromatic heterocycles. The first-order valence-corrected chi connectivity index (χ1v) is 17.7. The minimum absolute atomic E-state index is 0.0137. The Bertz CT molecular complexity index is 2330. The lowest BCUT2D eigenvalue weighted by molar-refractivity contribution is -0.207. The summed E-state index contributed by atoms with van der Waals surface area (Å²) in [4.78, 5) is 21.6. The third-order valence-corrected chi connectivity index (χ3v) is 10.5. The second-order valence-electron chi connectivity index (χ2n) is 13.7. The summed E-state index contributed by atoms with van der Waals surface area (Å²) < 4.78 is 50.3. The number of aromatic nitrogens is 8. The predicted octanol–water partition coefficient (Wildman–Crippen LogP) is 4.54. The number of nitrogens with zero attached hydrogens (tertiary/aromatic N) is 10. The van der Waals surface area contributed by atoms with Crippen molar-refractivity contribution in [2.24, 2.45) is 0 Å². The third kappa shape index (κ3) is 5.91. The minimum atomic E-state index is -3.88. The summed E-state index contributed by atoms with van der Waals surface area (Å²) in [5.74, 6) is -4.46. The van der Waals surface area contributed by atoms with Gasteiger partial charge < -0.3 is 20.0 Å². The van der Waals surface area contributed by atoms with Crippen molar-refractivity contribution >= 4 is 11.4 Å². The van der Waals surface area contributed by atoms with Crippen LogP contribution < -0.4 is 15.5 Å². The van der Waals surface area contributed by atoms with E-state index in [9.17, 15) is 19.4 Å². The van der Waals surface area contributed by atoms with E-state index in [0.29, 0.717) is 17.7 Å². The van der Waals surface area contributed by atoms with Gasteiger partial charge in [-0.1, -0.05) is 31.2 Å². The highest BCUT2D eigenvalue weighted by atomic mass is 19.3. The highest BCUT2D eigenvalue weighted by molar-refractivity contribution is 5.67. The van der Waals surface area contributed by atoms with Crippen LogP contribution in [0.4, 0.5) is 24.5 Å². The number of hydrogen-bond donors (Lipinski definition) is 2. The summed E-state index contributed by atoms with van der Waals surface area (Å²) >= 11 is 0. The molecule has 16 heteroatoms. The highest BCUT2D eigenvalue weighted by Crippen LogP contribution is 2.50. The van der Waals surface area contributed by atoms with Crippen LogP contribution in [-0.2, 0) is 18.1 Å². The molecular formula is C38H37F3N10O3. The van der Waals surface area contributed by atoms with Gasteiger partial charge in [-0.3, -0.25) is 4.98 Å². The first-order valence-electron chi connectivity index (χ1n) is 17.7. The maximum absolute atomic E-state index is 16.2. The van der Waals surface area contributed by atoms with Crippen molar-refractivity contribution in [3.05, 3.63) is 119 Å². The first kappa shape index (κ1) is 35.2. The van der Waals surface area contributed by atoms with Gasteiger partial charge in [0.2, 0.25) is 0 Å². The van der Waals surface area contributed by atoms with E-state index in [4.69, 9.17) is 0 Å². The summed E-state index contributed by atoms with van der Waals surface area (Å²) in [5, 5.41) is 36.9. The number of halogens is 3. The van der Waals surface area contributed by atoms with Crippen LogP contribution in [0.25, 0.3) is 28.2 Å². The number of rotatable bonds is 9. The quantitative estimate of drug-likeness (QED) is 0.217. The topological polar surface area (TPSA) is 143 Å². The molecule has 54 heavy (non-hydrogen) atoms. The number of alkyl halides is 2. The number of anilines is 2. The van der Waals surface area contributed by atoms with Crippen LogP contribution in [0.1, 0.15) is 37.6 Å². The Morgan fingerprint density at radius 2 is 1.52 bits per heavy atom. The van der Waals surface area contributed by atoms with Crippen LogP contribution in [-0.4, -0.2) is 82.0 Å². The van der Waals surface area contributed by atoms with E-state index in [1.807, 2.05) is 55.5 Å². The fourth-order valence-electron chi connectivity index (χ4n) is 7.45. The molecule has 3 aromatic carbocycles. The molecule has 13 nitrogen and oxygen atoms in total. The van der Waals surface area contributed by atoms with Crippen LogP contribution in [0.5, 0.6) is 0 Å². The molecule has 2 aliphatic rings. The van der Waals surface area contributed by atoms with Gasteiger partial charge in [-0.15, -0.1) is 5.10 Å². The van der Waals surface area contributed by atoms with Gasteiger partial charge in [0, 0.05) is 60.4 Å². The molecule has 0 radical (unpaired) electrons. The average molecular weight is 739 g/mol. The lowest BCUT2D eigenvalue weighted by Crippen LogP contribution is -2.49. The van der Waals surface area contributed by atoms with Crippen molar-refractivity contribution in [1.29, 1.82) is 0 Å². The second-order valence-corrected chi connectivity index (χ2v) is 13.7. The first-order chi connectivity index (χ1) is 26.0. The normalized spacial score (nSPS) is 18.3. The summed E-state index contributed by atoms with van der Waals surface area (Å²) in [6.07, 6.45) is 2.72. The number of piperazine rings is 1. The maximum Gasteiger partial charge on any atom is 0.350 e. The Kier molecular flexibility index (Phi) is 8.81. The summed E-state index contributed by atoms with van der Waals surface area (Å²) in [7, 11) is 0. The van der Waals surface area contributed by atoms with Crippen LogP contribution in [0, 0.1) is 5.82 Å². The van der Waals surface area contributed by atoms with E-state index >= 15 is 8.78 Å². The molecule has 0 aliphatic carbocycles. The summed E-state index contributed by atoms with van der Waals surface area (Å²) in [6, 6.07) is 21.1. The Balaban J connectivity index is 0.916. The number of tetrazole rings is 1. The monoisotopic (exact) mass is 738 g/mol. The van der Waals surface area contributed by atoms with Crippen LogP contribution in [0.15, 0.2) is 96.2 Å². The van der Waals surface area contributed by atoms with Crippen LogP contribution >= 0.6 is 0 Å². The fraction of sp³-hybridized carbons (Fsp3) is 0.316. The van der Waals surface area contributed by atoms with Crippen molar-refractivity contribution in [2.75, 3.05) is 36.0 Å². The van der Waals surface area contributed by atoms with Gasteiger partial charge in [-0.25, -0.2) is 23.1 Å². The molecule has 1 saturated heterocycles. The minimum Gasteiger partial charge on any atom is -0.391 e. The molecule has 278 valence electrons. The molecule has 1 fully saturated rings. The van der Waals surface area contributed by atoms with Crippen molar-refractivity contribution in [2.45, 2.75) is 50.5 Å². The number of aliphatic hydroxyl groups excluding tert-OH is 1. The van der Waals surface area contributed by atoms with Gasteiger partial charge in [0.05, 0.1) is 24.4 Å². The van der Waals surface area contributed by atoms with Crippen molar-refractivity contribution in [3.63, 3.8) is 0 Å².